The van der Waals surface area contributed by atoms with Crippen molar-refractivity contribution in [3.63, 3.8) is 0 Å². The first-order valence-corrected chi connectivity index (χ1v) is 11.1. The second kappa shape index (κ2) is 9.81. The minimum atomic E-state index is -0.156. The van der Waals surface area contributed by atoms with Crippen LogP contribution in [0.5, 0.6) is 5.75 Å². The fourth-order valence-electron chi connectivity index (χ4n) is 4.09. The van der Waals surface area contributed by atoms with Crippen LogP contribution in [0.2, 0.25) is 0 Å². The van der Waals surface area contributed by atoms with Gasteiger partial charge in [-0.25, -0.2) is 4.98 Å². The van der Waals surface area contributed by atoms with Gasteiger partial charge >= 0.3 is 0 Å². The maximum atomic E-state index is 13.2. The molecule has 4 rings (SSSR count). The molecule has 0 bridgehead atoms. The third-order valence-electron chi connectivity index (χ3n) is 5.78. The average molecular weight is 423 g/mol. The molecular weight excluding hydrogens is 392 g/mol. The van der Waals surface area contributed by atoms with Gasteiger partial charge in [0.25, 0.3) is 5.91 Å². The molecule has 1 atom stereocenters. The van der Waals surface area contributed by atoms with Crippen molar-refractivity contribution < 1.29 is 13.9 Å². The van der Waals surface area contributed by atoms with Crippen molar-refractivity contribution in [2.75, 3.05) is 13.7 Å². The largest absolute Gasteiger partial charge is 0.497 e. The van der Waals surface area contributed by atoms with E-state index in [0.29, 0.717) is 24.6 Å². The minimum absolute atomic E-state index is 0.0590. The molecule has 0 saturated carbocycles. The SMILES string of the molecule is CCCCc1cc(C(=O)N2CCCC[C@H]2c2ncc(Cc3cccc(OC)c3)o2)n[nH]1. The highest BCUT2D eigenvalue weighted by Gasteiger charge is 2.33. The molecule has 0 spiro atoms. The van der Waals surface area contributed by atoms with Crippen molar-refractivity contribution in [3.8, 4) is 5.75 Å². The van der Waals surface area contributed by atoms with Crippen molar-refractivity contribution in [2.45, 2.75) is 57.9 Å². The summed E-state index contributed by atoms with van der Waals surface area (Å²) >= 11 is 0. The highest BCUT2D eigenvalue weighted by molar-refractivity contribution is 5.92. The Labute approximate surface area is 182 Å². The summed E-state index contributed by atoms with van der Waals surface area (Å²) in [6, 6.07) is 9.64. The number of H-pyrrole nitrogens is 1. The number of amides is 1. The molecule has 1 fully saturated rings. The van der Waals surface area contributed by atoms with E-state index in [0.717, 1.165) is 61.3 Å². The number of oxazole rings is 1. The minimum Gasteiger partial charge on any atom is -0.497 e. The number of aryl methyl sites for hydroxylation is 1. The quantitative estimate of drug-likeness (QED) is 0.568. The number of rotatable bonds is 8. The number of unbranched alkanes of at least 4 members (excludes halogenated alkanes) is 1. The number of aromatic nitrogens is 3. The van der Waals surface area contributed by atoms with Gasteiger partial charge in [0, 0.05) is 18.7 Å². The highest BCUT2D eigenvalue weighted by atomic mass is 16.5. The van der Waals surface area contributed by atoms with Crippen LogP contribution in [0.4, 0.5) is 0 Å². The predicted octanol–water partition coefficient (Wildman–Crippen LogP) is 4.71. The molecule has 1 aliphatic heterocycles. The van der Waals surface area contributed by atoms with Gasteiger partial charge in [0.2, 0.25) is 5.89 Å². The summed E-state index contributed by atoms with van der Waals surface area (Å²) in [5, 5.41) is 7.28. The molecule has 0 aliphatic carbocycles. The molecule has 3 heterocycles. The summed E-state index contributed by atoms with van der Waals surface area (Å²) in [5.74, 6) is 2.14. The Morgan fingerprint density at radius 3 is 3.06 bits per heavy atom. The van der Waals surface area contributed by atoms with E-state index in [9.17, 15) is 4.79 Å². The number of nitrogens with zero attached hydrogens (tertiary/aromatic N) is 3. The average Bonchev–Trinajstić information content (AvgIpc) is 3.47. The van der Waals surface area contributed by atoms with E-state index in [4.69, 9.17) is 9.15 Å². The summed E-state index contributed by atoms with van der Waals surface area (Å²) in [7, 11) is 1.66. The van der Waals surface area contributed by atoms with Crippen molar-refractivity contribution in [1.29, 1.82) is 0 Å². The second-order valence-corrected chi connectivity index (χ2v) is 8.09. The number of benzene rings is 1. The lowest BCUT2D eigenvalue weighted by Crippen LogP contribution is -2.38. The molecule has 2 aromatic heterocycles. The third-order valence-corrected chi connectivity index (χ3v) is 5.78. The molecule has 1 saturated heterocycles. The summed E-state index contributed by atoms with van der Waals surface area (Å²) < 4.78 is 11.4. The third kappa shape index (κ3) is 4.98. The van der Waals surface area contributed by atoms with Gasteiger partial charge in [0.1, 0.15) is 23.2 Å². The number of piperidine rings is 1. The summed E-state index contributed by atoms with van der Waals surface area (Å²) in [4.78, 5) is 19.6. The van der Waals surface area contributed by atoms with Crippen LogP contribution in [-0.4, -0.2) is 39.6 Å². The van der Waals surface area contributed by atoms with E-state index in [1.54, 1.807) is 13.3 Å². The predicted molar refractivity (Wildman–Crippen MR) is 117 cm³/mol. The first-order chi connectivity index (χ1) is 15.2. The smallest absolute Gasteiger partial charge is 0.275 e. The van der Waals surface area contributed by atoms with Gasteiger partial charge in [-0.3, -0.25) is 9.89 Å². The van der Waals surface area contributed by atoms with E-state index >= 15 is 0 Å². The normalized spacial score (nSPS) is 16.5. The zero-order valence-corrected chi connectivity index (χ0v) is 18.3. The Morgan fingerprint density at radius 2 is 2.23 bits per heavy atom. The molecule has 0 unspecified atom stereocenters. The Hall–Kier alpha value is -3.09. The number of carbonyl (C=O) groups excluding carboxylic acids is 1. The number of ether oxygens (including phenoxy) is 1. The first kappa shape index (κ1) is 21.2. The fourth-order valence-corrected chi connectivity index (χ4v) is 4.09. The molecule has 1 aliphatic rings. The van der Waals surface area contributed by atoms with Gasteiger partial charge in [0.05, 0.1) is 13.3 Å². The maximum absolute atomic E-state index is 13.2. The molecule has 1 aromatic carbocycles. The lowest BCUT2D eigenvalue weighted by molar-refractivity contribution is 0.0564. The highest BCUT2D eigenvalue weighted by Crippen LogP contribution is 2.32. The van der Waals surface area contributed by atoms with Crippen molar-refractivity contribution in [1.82, 2.24) is 20.1 Å². The standard InChI is InChI=1S/C24H30N4O3/c1-3-4-9-18-15-21(27-26-18)24(29)28-12-6-5-11-22(28)23-25-16-20(31-23)14-17-8-7-10-19(13-17)30-2/h7-8,10,13,15-16,22H,3-6,9,11-12,14H2,1-2H3,(H,26,27)/t22-/m0/s1. The number of methoxy groups -OCH3 is 1. The van der Waals surface area contributed by atoms with Crippen LogP contribution < -0.4 is 4.74 Å². The van der Waals surface area contributed by atoms with Crippen molar-refractivity contribution in [2.24, 2.45) is 0 Å². The topological polar surface area (TPSA) is 84.2 Å². The van der Waals surface area contributed by atoms with Crippen LogP contribution in [-0.2, 0) is 12.8 Å². The fraction of sp³-hybridized carbons (Fsp3) is 0.458. The van der Waals surface area contributed by atoms with Gasteiger partial charge in [0.15, 0.2) is 0 Å². The monoisotopic (exact) mass is 422 g/mol. The first-order valence-electron chi connectivity index (χ1n) is 11.1. The molecule has 1 amide bonds. The summed E-state index contributed by atoms with van der Waals surface area (Å²) in [5.41, 5.74) is 2.58. The Bertz CT molecular complexity index is 1010. The molecular formula is C24H30N4O3. The molecule has 7 heteroatoms. The molecule has 164 valence electrons. The molecule has 31 heavy (non-hydrogen) atoms. The van der Waals surface area contributed by atoms with Crippen LogP contribution in [0, 0.1) is 0 Å². The molecule has 3 aromatic rings. The van der Waals surface area contributed by atoms with Crippen LogP contribution in [0.1, 0.15) is 78.5 Å². The van der Waals surface area contributed by atoms with E-state index in [1.165, 1.54) is 0 Å². The van der Waals surface area contributed by atoms with Gasteiger partial charge < -0.3 is 14.1 Å². The van der Waals surface area contributed by atoms with Crippen molar-refractivity contribution in [3.05, 3.63) is 65.1 Å². The van der Waals surface area contributed by atoms with Gasteiger partial charge in [-0.15, -0.1) is 0 Å². The number of aromatic amines is 1. The molecule has 0 radical (unpaired) electrons. The van der Waals surface area contributed by atoms with Crippen molar-refractivity contribution >= 4 is 5.91 Å². The number of hydrogen-bond donors (Lipinski definition) is 1. The van der Waals surface area contributed by atoms with Crippen LogP contribution in [0.15, 0.2) is 40.9 Å². The van der Waals surface area contributed by atoms with E-state index in [2.05, 4.69) is 22.1 Å². The van der Waals surface area contributed by atoms with Crippen LogP contribution >= 0.6 is 0 Å². The van der Waals surface area contributed by atoms with Crippen LogP contribution in [0.25, 0.3) is 0 Å². The lowest BCUT2D eigenvalue weighted by atomic mass is 10.0. The van der Waals surface area contributed by atoms with Crippen LogP contribution in [0.3, 0.4) is 0 Å². The number of nitrogens with one attached hydrogen (secondary N) is 1. The number of likely N-dealkylation sites (tertiary alicyclic amines) is 1. The van der Waals surface area contributed by atoms with E-state index < -0.39 is 0 Å². The van der Waals surface area contributed by atoms with E-state index in [-0.39, 0.29) is 11.9 Å². The summed E-state index contributed by atoms with van der Waals surface area (Å²) in [6.45, 7) is 2.84. The zero-order valence-electron chi connectivity index (χ0n) is 18.3. The number of carbonyl (C=O) groups is 1. The lowest BCUT2D eigenvalue weighted by Gasteiger charge is -2.33. The Balaban J connectivity index is 1.48. The molecule has 7 nitrogen and oxygen atoms in total. The van der Waals surface area contributed by atoms with E-state index in [1.807, 2.05) is 35.2 Å². The number of hydrogen-bond acceptors (Lipinski definition) is 5. The Kier molecular flexibility index (Phi) is 6.70. The van der Waals surface area contributed by atoms with Gasteiger partial charge in [-0.05, 0) is 55.9 Å². The van der Waals surface area contributed by atoms with Gasteiger partial charge in [-0.1, -0.05) is 25.5 Å². The molecule has 1 N–H and O–H groups in total. The zero-order chi connectivity index (χ0) is 21.6. The maximum Gasteiger partial charge on any atom is 0.275 e. The Morgan fingerprint density at radius 1 is 1.32 bits per heavy atom. The van der Waals surface area contributed by atoms with Gasteiger partial charge in [-0.2, -0.15) is 5.10 Å². The summed E-state index contributed by atoms with van der Waals surface area (Å²) in [6.07, 6.45) is 8.37. The second-order valence-electron chi connectivity index (χ2n) is 8.09.